The molecular weight excluding hydrogens is 344 g/mol. The number of amides is 3. The maximum Gasteiger partial charge on any atom is 0.325 e. The third kappa shape index (κ3) is 2.52. The first kappa shape index (κ1) is 14.8. The smallest absolute Gasteiger partial charge is 0.319 e. The molecule has 4 nitrogen and oxygen atoms in total. The minimum Gasteiger partial charge on any atom is -0.319 e. The van der Waals surface area contributed by atoms with E-state index in [1.807, 2.05) is 54.6 Å². The maximum absolute atomic E-state index is 12.8. The van der Waals surface area contributed by atoms with Crippen LogP contribution in [0.2, 0.25) is 0 Å². The average molecular weight is 359 g/mol. The molecule has 1 saturated heterocycles. The van der Waals surface area contributed by atoms with Crippen molar-refractivity contribution < 1.29 is 9.59 Å². The zero-order chi connectivity index (χ0) is 15.7. The Balaban J connectivity index is 1.89. The van der Waals surface area contributed by atoms with Gasteiger partial charge in [0, 0.05) is 4.47 Å². The molecule has 0 saturated carbocycles. The number of halogens is 1. The van der Waals surface area contributed by atoms with Gasteiger partial charge >= 0.3 is 6.03 Å². The first-order valence-electron chi connectivity index (χ1n) is 6.95. The first-order chi connectivity index (χ1) is 10.5. The molecule has 2 aromatic carbocycles. The highest BCUT2D eigenvalue weighted by Gasteiger charge is 2.48. The van der Waals surface area contributed by atoms with Gasteiger partial charge in [0.1, 0.15) is 5.54 Å². The summed E-state index contributed by atoms with van der Waals surface area (Å²) in [5.41, 5.74) is 0.671. The Hall–Kier alpha value is -2.14. The predicted molar refractivity (Wildman–Crippen MR) is 87.0 cm³/mol. The third-order valence-electron chi connectivity index (χ3n) is 3.86. The van der Waals surface area contributed by atoms with E-state index in [9.17, 15) is 9.59 Å². The molecule has 1 heterocycles. The normalized spacial score (nSPS) is 21.1. The molecule has 3 amide bonds. The lowest BCUT2D eigenvalue weighted by Crippen LogP contribution is -2.40. The highest BCUT2D eigenvalue weighted by Crippen LogP contribution is 2.29. The monoisotopic (exact) mass is 358 g/mol. The molecule has 0 spiro atoms. The Labute approximate surface area is 137 Å². The van der Waals surface area contributed by atoms with Crippen molar-refractivity contribution in [2.75, 3.05) is 0 Å². The molecule has 0 aromatic heterocycles. The molecule has 1 fully saturated rings. The second-order valence-electron chi connectivity index (χ2n) is 5.44. The number of carbonyl (C=O) groups excluding carboxylic acids is 2. The molecule has 3 rings (SSSR count). The second-order valence-corrected chi connectivity index (χ2v) is 6.36. The van der Waals surface area contributed by atoms with E-state index in [1.54, 1.807) is 6.92 Å². The number of rotatable bonds is 3. The lowest BCUT2D eigenvalue weighted by molar-refractivity contribution is -0.131. The van der Waals surface area contributed by atoms with Crippen molar-refractivity contribution in [3.05, 3.63) is 70.2 Å². The van der Waals surface area contributed by atoms with Gasteiger partial charge in [0.15, 0.2) is 0 Å². The van der Waals surface area contributed by atoms with Crippen LogP contribution in [0.5, 0.6) is 0 Å². The van der Waals surface area contributed by atoms with Gasteiger partial charge < -0.3 is 5.32 Å². The van der Waals surface area contributed by atoms with Gasteiger partial charge in [-0.3, -0.25) is 9.69 Å². The van der Waals surface area contributed by atoms with Crippen molar-refractivity contribution in [3.8, 4) is 0 Å². The summed E-state index contributed by atoms with van der Waals surface area (Å²) < 4.78 is 0.919. The molecule has 5 heteroatoms. The van der Waals surface area contributed by atoms with Gasteiger partial charge in [0.25, 0.3) is 5.91 Å². The van der Waals surface area contributed by atoms with Crippen molar-refractivity contribution in [1.82, 2.24) is 10.2 Å². The SMILES string of the molecule is C[C@@]1(c2ccccc2)NC(=O)N(Cc2cccc(Br)c2)C1=O. The van der Waals surface area contributed by atoms with E-state index in [0.717, 1.165) is 15.6 Å². The van der Waals surface area contributed by atoms with Gasteiger partial charge in [-0.2, -0.15) is 0 Å². The molecular formula is C17H15BrN2O2. The van der Waals surface area contributed by atoms with Gasteiger partial charge in [-0.05, 0) is 30.2 Å². The number of nitrogens with one attached hydrogen (secondary N) is 1. The predicted octanol–water partition coefficient (Wildman–Crippen LogP) is 3.42. The summed E-state index contributed by atoms with van der Waals surface area (Å²) in [6.45, 7) is 2.00. The number of urea groups is 1. The molecule has 1 aliphatic heterocycles. The van der Waals surface area contributed by atoms with Gasteiger partial charge in [0.2, 0.25) is 0 Å². The number of nitrogens with zero attached hydrogens (tertiary/aromatic N) is 1. The summed E-state index contributed by atoms with van der Waals surface area (Å²) >= 11 is 3.40. The van der Waals surface area contributed by atoms with Crippen LogP contribution in [-0.2, 0) is 16.9 Å². The second kappa shape index (κ2) is 5.57. The summed E-state index contributed by atoms with van der Waals surface area (Å²) in [7, 11) is 0. The van der Waals surface area contributed by atoms with Crippen LogP contribution in [-0.4, -0.2) is 16.8 Å². The summed E-state index contributed by atoms with van der Waals surface area (Å²) in [4.78, 5) is 26.3. The number of carbonyl (C=O) groups is 2. The standard InChI is InChI=1S/C17H15BrN2O2/c1-17(13-7-3-2-4-8-13)15(21)20(16(22)19-17)11-12-6-5-9-14(18)10-12/h2-10H,11H2,1H3,(H,19,22)/t17-/m0/s1. The summed E-state index contributed by atoms with van der Waals surface area (Å²) in [5, 5.41) is 2.81. The molecule has 112 valence electrons. The number of hydrogen-bond donors (Lipinski definition) is 1. The number of imide groups is 1. The third-order valence-corrected chi connectivity index (χ3v) is 4.35. The van der Waals surface area contributed by atoms with E-state index in [1.165, 1.54) is 4.90 Å². The molecule has 1 atom stereocenters. The fourth-order valence-electron chi connectivity index (χ4n) is 2.63. The van der Waals surface area contributed by atoms with E-state index in [-0.39, 0.29) is 18.5 Å². The molecule has 1 N–H and O–H groups in total. The summed E-state index contributed by atoms with van der Waals surface area (Å²) in [6, 6.07) is 16.5. The highest BCUT2D eigenvalue weighted by atomic mass is 79.9. The minimum atomic E-state index is -1.01. The van der Waals surface area contributed by atoms with Crippen LogP contribution in [0.1, 0.15) is 18.1 Å². The van der Waals surface area contributed by atoms with Crippen LogP contribution in [0.3, 0.4) is 0 Å². The molecule has 0 aliphatic carbocycles. The van der Waals surface area contributed by atoms with Crippen molar-refractivity contribution >= 4 is 27.9 Å². The van der Waals surface area contributed by atoms with E-state index in [2.05, 4.69) is 21.2 Å². The molecule has 1 aliphatic rings. The van der Waals surface area contributed by atoms with E-state index < -0.39 is 5.54 Å². The van der Waals surface area contributed by atoms with Crippen molar-refractivity contribution in [2.24, 2.45) is 0 Å². The Morgan fingerprint density at radius 1 is 1.09 bits per heavy atom. The quantitative estimate of drug-likeness (QED) is 0.854. The van der Waals surface area contributed by atoms with Gasteiger partial charge in [-0.1, -0.05) is 58.4 Å². The largest absolute Gasteiger partial charge is 0.325 e. The lowest BCUT2D eigenvalue weighted by Gasteiger charge is -2.22. The van der Waals surface area contributed by atoms with Crippen LogP contribution < -0.4 is 5.32 Å². The van der Waals surface area contributed by atoms with Gasteiger partial charge in [-0.25, -0.2) is 4.79 Å². The van der Waals surface area contributed by atoms with Crippen molar-refractivity contribution in [3.63, 3.8) is 0 Å². The molecule has 2 aromatic rings. The first-order valence-corrected chi connectivity index (χ1v) is 7.74. The van der Waals surface area contributed by atoms with Crippen molar-refractivity contribution in [1.29, 1.82) is 0 Å². The van der Waals surface area contributed by atoms with Gasteiger partial charge in [-0.15, -0.1) is 0 Å². The van der Waals surface area contributed by atoms with Crippen LogP contribution in [0.15, 0.2) is 59.1 Å². The summed E-state index contributed by atoms with van der Waals surface area (Å²) in [5.74, 6) is -0.233. The number of hydrogen-bond acceptors (Lipinski definition) is 2. The Kier molecular flexibility index (Phi) is 3.74. The molecule has 22 heavy (non-hydrogen) atoms. The Morgan fingerprint density at radius 3 is 2.50 bits per heavy atom. The fraction of sp³-hybridized carbons (Fsp3) is 0.176. The zero-order valence-electron chi connectivity index (χ0n) is 12.0. The van der Waals surface area contributed by atoms with E-state index in [0.29, 0.717) is 0 Å². The van der Waals surface area contributed by atoms with Crippen LogP contribution >= 0.6 is 15.9 Å². The zero-order valence-corrected chi connectivity index (χ0v) is 13.6. The molecule has 0 bridgehead atoms. The minimum absolute atomic E-state index is 0.233. The highest BCUT2D eigenvalue weighted by molar-refractivity contribution is 9.10. The Morgan fingerprint density at radius 2 is 1.82 bits per heavy atom. The maximum atomic E-state index is 12.8. The topological polar surface area (TPSA) is 49.4 Å². The lowest BCUT2D eigenvalue weighted by atomic mass is 9.92. The molecule has 0 radical (unpaired) electrons. The average Bonchev–Trinajstić information content (AvgIpc) is 2.73. The summed E-state index contributed by atoms with van der Waals surface area (Å²) in [6.07, 6.45) is 0. The van der Waals surface area contributed by atoms with E-state index >= 15 is 0 Å². The number of benzene rings is 2. The van der Waals surface area contributed by atoms with Crippen LogP contribution in [0, 0.1) is 0 Å². The van der Waals surface area contributed by atoms with E-state index in [4.69, 9.17) is 0 Å². The van der Waals surface area contributed by atoms with Crippen molar-refractivity contribution in [2.45, 2.75) is 19.0 Å². The fourth-order valence-corrected chi connectivity index (χ4v) is 3.07. The van der Waals surface area contributed by atoms with Gasteiger partial charge in [0.05, 0.1) is 6.54 Å². The van der Waals surface area contributed by atoms with Crippen LogP contribution in [0.4, 0.5) is 4.79 Å². The molecule has 0 unspecified atom stereocenters. The Bertz CT molecular complexity index is 732. The van der Waals surface area contributed by atoms with Crippen LogP contribution in [0.25, 0.3) is 0 Å².